The van der Waals surface area contributed by atoms with Crippen LogP contribution in [0.1, 0.15) is 85.0 Å². The summed E-state index contributed by atoms with van der Waals surface area (Å²) in [5.74, 6) is 6.50. The molecule has 0 radical (unpaired) electrons. The molecule has 2 nitrogen and oxygen atoms in total. The van der Waals surface area contributed by atoms with Crippen LogP contribution in [-0.2, 0) is 0 Å². The van der Waals surface area contributed by atoms with Gasteiger partial charge in [-0.2, -0.15) is 0 Å². The van der Waals surface area contributed by atoms with Crippen molar-refractivity contribution < 1.29 is 0 Å². The highest BCUT2D eigenvalue weighted by molar-refractivity contribution is 4.74. The Morgan fingerprint density at radius 1 is 0.765 bits per heavy atom. The van der Waals surface area contributed by atoms with Gasteiger partial charge in [-0.05, 0) is 25.2 Å². The van der Waals surface area contributed by atoms with Gasteiger partial charge in [0.1, 0.15) is 0 Å². The van der Waals surface area contributed by atoms with Crippen LogP contribution < -0.4 is 11.3 Å². The molecule has 17 heavy (non-hydrogen) atoms. The van der Waals surface area contributed by atoms with E-state index in [1.807, 2.05) is 0 Å². The van der Waals surface area contributed by atoms with Crippen LogP contribution in [0.5, 0.6) is 0 Å². The summed E-state index contributed by atoms with van der Waals surface area (Å²) in [5, 5.41) is 0. The first-order chi connectivity index (χ1) is 8.29. The summed E-state index contributed by atoms with van der Waals surface area (Å²) in [6.45, 7) is 6.82. The second-order valence-corrected chi connectivity index (χ2v) is 5.31. The molecule has 3 N–H and O–H groups in total. The lowest BCUT2D eigenvalue weighted by Crippen LogP contribution is -2.40. The van der Waals surface area contributed by atoms with Crippen molar-refractivity contribution in [2.75, 3.05) is 0 Å². The van der Waals surface area contributed by atoms with Crippen LogP contribution >= 0.6 is 0 Å². The van der Waals surface area contributed by atoms with Gasteiger partial charge in [-0.25, -0.2) is 0 Å². The van der Waals surface area contributed by atoms with Gasteiger partial charge in [-0.1, -0.05) is 65.7 Å². The molecule has 0 aromatic rings. The second kappa shape index (κ2) is 12.4. The molecule has 0 aromatic carbocycles. The topological polar surface area (TPSA) is 38.0 Å². The lowest BCUT2D eigenvalue weighted by molar-refractivity contribution is 0.292. The number of unbranched alkanes of at least 4 members (excludes halogenated alkanes) is 4. The van der Waals surface area contributed by atoms with E-state index in [1.54, 1.807) is 0 Å². The first-order valence-corrected chi connectivity index (χ1v) is 7.76. The van der Waals surface area contributed by atoms with Gasteiger partial charge < -0.3 is 0 Å². The van der Waals surface area contributed by atoms with Crippen LogP contribution in [0, 0.1) is 5.92 Å². The molecular weight excluding hydrogens is 208 g/mol. The normalized spacial score (nSPS) is 13.2. The highest BCUT2D eigenvalue weighted by Gasteiger charge is 2.18. The number of hydrazine groups is 1. The van der Waals surface area contributed by atoms with E-state index in [9.17, 15) is 0 Å². The lowest BCUT2D eigenvalue weighted by atomic mass is 9.87. The van der Waals surface area contributed by atoms with Gasteiger partial charge in [0.15, 0.2) is 0 Å². The Morgan fingerprint density at radius 3 is 1.82 bits per heavy atom. The van der Waals surface area contributed by atoms with Crippen molar-refractivity contribution in [3.05, 3.63) is 0 Å². The maximum Gasteiger partial charge on any atom is 0.0238 e. The second-order valence-electron chi connectivity index (χ2n) is 5.31. The van der Waals surface area contributed by atoms with Crippen molar-refractivity contribution in [1.29, 1.82) is 0 Å². The summed E-state index contributed by atoms with van der Waals surface area (Å²) in [6.07, 6.45) is 13.2. The van der Waals surface area contributed by atoms with E-state index in [0.717, 1.165) is 5.92 Å². The number of hydrogen-bond donors (Lipinski definition) is 2. The molecule has 0 amide bonds. The number of nitrogens with one attached hydrogen (secondary N) is 1. The molecule has 0 saturated carbocycles. The Hall–Kier alpha value is -0.0800. The van der Waals surface area contributed by atoms with E-state index in [1.165, 1.54) is 64.2 Å². The predicted octanol–water partition coefficient (Wildman–Crippen LogP) is 4.40. The van der Waals surface area contributed by atoms with E-state index >= 15 is 0 Å². The van der Waals surface area contributed by atoms with Gasteiger partial charge in [-0.15, -0.1) is 0 Å². The first kappa shape index (κ1) is 16.9. The molecule has 0 spiro atoms. The van der Waals surface area contributed by atoms with Crippen molar-refractivity contribution in [1.82, 2.24) is 5.43 Å². The minimum atomic E-state index is 0.538. The number of rotatable bonds is 12. The van der Waals surface area contributed by atoms with E-state index in [4.69, 9.17) is 5.84 Å². The molecule has 0 aliphatic rings. The summed E-state index contributed by atoms with van der Waals surface area (Å²) < 4.78 is 0. The first-order valence-electron chi connectivity index (χ1n) is 7.76. The van der Waals surface area contributed by atoms with E-state index in [-0.39, 0.29) is 0 Å². The molecule has 0 aliphatic carbocycles. The van der Waals surface area contributed by atoms with E-state index in [2.05, 4.69) is 26.2 Å². The summed E-state index contributed by atoms with van der Waals surface area (Å²) in [5.41, 5.74) is 3.06. The third-order valence-corrected chi connectivity index (χ3v) is 3.72. The molecule has 104 valence electrons. The Kier molecular flexibility index (Phi) is 12.3. The SMILES string of the molecule is CCCCCCCC(NN)C(CCC)CCC. The van der Waals surface area contributed by atoms with Crippen molar-refractivity contribution in [3.8, 4) is 0 Å². The van der Waals surface area contributed by atoms with E-state index in [0.29, 0.717) is 6.04 Å². The molecule has 0 rings (SSSR count). The van der Waals surface area contributed by atoms with Gasteiger partial charge >= 0.3 is 0 Å². The van der Waals surface area contributed by atoms with Crippen molar-refractivity contribution in [2.24, 2.45) is 11.8 Å². The highest BCUT2D eigenvalue weighted by atomic mass is 15.2. The average Bonchev–Trinajstić information content (AvgIpc) is 2.34. The molecule has 0 saturated heterocycles. The number of hydrogen-bond acceptors (Lipinski definition) is 2. The van der Waals surface area contributed by atoms with Crippen LogP contribution in [0.3, 0.4) is 0 Å². The maximum absolute atomic E-state index is 5.73. The molecule has 2 heteroatoms. The Bertz CT molecular complexity index is 142. The highest BCUT2D eigenvalue weighted by Crippen LogP contribution is 2.21. The molecule has 0 bridgehead atoms. The third kappa shape index (κ3) is 8.62. The molecular formula is C15H34N2. The zero-order valence-corrected chi connectivity index (χ0v) is 12.3. The fourth-order valence-corrected chi connectivity index (χ4v) is 2.71. The zero-order chi connectivity index (χ0) is 12.9. The van der Waals surface area contributed by atoms with Gasteiger partial charge in [0, 0.05) is 6.04 Å². The molecule has 0 aromatic heterocycles. The van der Waals surface area contributed by atoms with Crippen molar-refractivity contribution in [2.45, 2.75) is 91.0 Å². The summed E-state index contributed by atoms with van der Waals surface area (Å²) in [4.78, 5) is 0. The number of nitrogens with two attached hydrogens (primary N) is 1. The van der Waals surface area contributed by atoms with Crippen LogP contribution in [-0.4, -0.2) is 6.04 Å². The monoisotopic (exact) mass is 242 g/mol. The fraction of sp³-hybridized carbons (Fsp3) is 1.00. The van der Waals surface area contributed by atoms with Crippen LogP contribution in [0.4, 0.5) is 0 Å². The van der Waals surface area contributed by atoms with E-state index < -0.39 is 0 Å². The Balaban J connectivity index is 3.83. The fourth-order valence-electron chi connectivity index (χ4n) is 2.71. The van der Waals surface area contributed by atoms with Crippen LogP contribution in [0.2, 0.25) is 0 Å². The minimum absolute atomic E-state index is 0.538. The van der Waals surface area contributed by atoms with Crippen LogP contribution in [0.25, 0.3) is 0 Å². The third-order valence-electron chi connectivity index (χ3n) is 3.72. The Labute approximate surface area is 109 Å². The predicted molar refractivity (Wildman–Crippen MR) is 77.8 cm³/mol. The maximum atomic E-state index is 5.73. The molecule has 0 aliphatic heterocycles. The summed E-state index contributed by atoms with van der Waals surface area (Å²) in [7, 11) is 0. The van der Waals surface area contributed by atoms with Crippen molar-refractivity contribution >= 4 is 0 Å². The lowest BCUT2D eigenvalue weighted by Gasteiger charge is -2.26. The van der Waals surface area contributed by atoms with Crippen molar-refractivity contribution in [3.63, 3.8) is 0 Å². The molecule has 1 atom stereocenters. The standard InChI is InChI=1S/C15H34N2/c1-4-7-8-9-10-13-15(17-16)14(11-5-2)12-6-3/h14-15,17H,4-13,16H2,1-3H3. The van der Waals surface area contributed by atoms with Gasteiger partial charge in [-0.3, -0.25) is 11.3 Å². The molecule has 0 fully saturated rings. The minimum Gasteiger partial charge on any atom is -0.271 e. The quantitative estimate of drug-likeness (QED) is 0.302. The summed E-state index contributed by atoms with van der Waals surface area (Å²) in [6, 6.07) is 0.538. The molecule has 1 unspecified atom stereocenters. The smallest absolute Gasteiger partial charge is 0.0238 e. The Morgan fingerprint density at radius 2 is 1.35 bits per heavy atom. The van der Waals surface area contributed by atoms with Gasteiger partial charge in [0.05, 0.1) is 0 Å². The summed E-state index contributed by atoms with van der Waals surface area (Å²) >= 11 is 0. The van der Waals surface area contributed by atoms with Gasteiger partial charge in [0.2, 0.25) is 0 Å². The largest absolute Gasteiger partial charge is 0.271 e. The van der Waals surface area contributed by atoms with Crippen LogP contribution in [0.15, 0.2) is 0 Å². The van der Waals surface area contributed by atoms with Gasteiger partial charge in [0.25, 0.3) is 0 Å². The average molecular weight is 242 g/mol. The zero-order valence-electron chi connectivity index (χ0n) is 12.3. The molecule has 0 heterocycles.